The van der Waals surface area contributed by atoms with Crippen LogP contribution in [0.25, 0.3) is 0 Å². The van der Waals surface area contributed by atoms with Gasteiger partial charge >= 0.3 is 6.01 Å². The van der Waals surface area contributed by atoms with Crippen molar-refractivity contribution in [3.05, 3.63) is 5.82 Å². The molecule has 8 heteroatoms. The smallest absolute Gasteiger partial charge is 0.321 e. The molecule has 17 heavy (non-hydrogen) atoms. The van der Waals surface area contributed by atoms with Gasteiger partial charge in [0.25, 0.3) is 0 Å². The largest absolute Gasteiger partial charge is 0.338 e. The van der Waals surface area contributed by atoms with Crippen molar-refractivity contribution >= 4 is 16.0 Å². The molecule has 7 nitrogen and oxygen atoms in total. The molecule has 0 bridgehead atoms. The molecule has 0 fully saturated rings. The van der Waals surface area contributed by atoms with Crippen LogP contribution in [0, 0.1) is 6.92 Å². The van der Waals surface area contributed by atoms with Gasteiger partial charge < -0.3 is 9.84 Å². The molecule has 0 aromatic carbocycles. The summed E-state index contributed by atoms with van der Waals surface area (Å²) in [5, 5.41) is 6.57. The Morgan fingerprint density at radius 2 is 2.18 bits per heavy atom. The van der Waals surface area contributed by atoms with Crippen molar-refractivity contribution in [1.82, 2.24) is 14.4 Å². The van der Waals surface area contributed by atoms with Crippen LogP contribution in [0.4, 0.5) is 6.01 Å². The van der Waals surface area contributed by atoms with Crippen LogP contribution in [-0.2, 0) is 10.0 Å². The average molecular weight is 262 g/mol. The Morgan fingerprint density at radius 3 is 2.65 bits per heavy atom. The Kier molecular flexibility index (Phi) is 4.88. The molecule has 0 amide bonds. The molecule has 1 heterocycles. The molecule has 0 aliphatic carbocycles. The van der Waals surface area contributed by atoms with Crippen molar-refractivity contribution in [2.75, 3.05) is 31.2 Å². The van der Waals surface area contributed by atoms with Gasteiger partial charge in [0.15, 0.2) is 5.82 Å². The van der Waals surface area contributed by atoms with Crippen LogP contribution in [-0.4, -0.2) is 48.8 Å². The number of aromatic nitrogens is 2. The van der Waals surface area contributed by atoms with Gasteiger partial charge in [-0.3, -0.25) is 0 Å². The third-order valence-corrected chi connectivity index (χ3v) is 3.59. The van der Waals surface area contributed by atoms with E-state index < -0.39 is 10.0 Å². The first-order chi connectivity index (χ1) is 7.93. The summed E-state index contributed by atoms with van der Waals surface area (Å²) in [6, 6.07) is 0.366. The summed E-state index contributed by atoms with van der Waals surface area (Å²) in [6.45, 7) is 5.11. The Hall–Kier alpha value is -1.15. The lowest BCUT2D eigenvalue weighted by atomic mass is 10.4. The summed E-state index contributed by atoms with van der Waals surface area (Å²) < 4.78 is 28.9. The average Bonchev–Trinajstić information content (AvgIpc) is 2.62. The van der Waals surface area contributed by atoms with Crippen LogP contribution >= 0.6 is 0 Å². The van der Waals surface area contributed by atoms with E-state index in [4.69, 9.17) is 4.52 Å². The second-order valence-corrected chi connectivity index (χ2v) is 5.66. The molecule has 0 saturated heterocycles. The number of aryl methyl sites for hydroxylation is 1. The molecular formula is C9H18N4O3S. The molecule has 1 N–H and O–H groups in total. The molecule has 1 aromatic rings. The number of nitrogens with zero attached hydrogens (tertiary/aromatic N) is 3. The lowest BCUT2D eigenvalue weighted by molar-refractivity contribution is 0.416. The highest BCUT2D eigenvalue weighted by atomic mass is 32.2. The van der Waals surface area contributed by atoms with E-state index in [-0.39, 0.29) is 0 Å². The van der Waals surface area contributed by atoms with E-state index in [0.29, 0.717) is 37.9 Å². The molecule has 0 radical (unpaired) electrons. The fourth-order valence-electron chi connectivity index (χ4n) is 1.38. The number of anilines is 1. The van der Waals surface area contributed by atoms with Crippen LogP contribution in [0.5, 0.6) is 0 Å². The predicted molar refractivity (Wildman–Crippen MR) is 64.2 cm³/mol. The molecular weight excluding hydrogens is 244 g/mol. The Bertz CT molecular complexity index is 443. The van der Waals surface area contributed by atoms with E-state index in [1.165, 1.54) is 10.6 Å². The van der Waals surface area contributed by atoms with E-state index in [2.05, 4.69) is 15.5 Å². The van der Waals surface area contributed by atoms with Gasteiger partial charge in [-0.1, -0.05) is 12.1 Å². The van der Waals surface area contributed by atoms with E-state index in [9.17, 15) is 8.42 Å². The predicted octanol–water partition coefficient (Wildman–Crippen LogP) is 0.462. The number of hydrogen-bond donors (Lipinski definition) is 1. The molecule has 0 spiro atoms. The maximum Gasteiger partial charge on any atom is 0.321 e. The summed E-state index contributed by atoms with van der Waals surface area (Å²) in [6.07, 6.45) is 1.90. The lowest BCUT2D eigenvalue weighted by Gasteiger charge is -2.17. The first kappa shape index (κ1) is 13.9. The Morgan fingerprint density at radius 1 is 1.47 bits per heavy atom. The topological polar surface area (TPSA) is 88.3 Å². The van der Waals surface area contributed by atoms with Crippen molar-refractivity contribution < 1.29 is 12.9 Å². The van der Waals surface area contributed by atoms with Crippen molar-refractivity contribution in [2.24, 2.45) is 0 Å². The summed E-state index contributed by atoms with van der Waals surface area (Å²) >= 11 is 0. The fourth-order valence-corrected chi connectivity index (χ4v) is 2.31. The zero-order chi connectivity index (χ0) is 12.9. The van der Waals surface area contributed by atoms with E-state index >= 15 is 0 Å². The molecule has 0 aliphatic heterocycles. The first-order valence-corrected chi connectivity index (χ1v) is 7.27. The van der Waals surface area contributed by atoms with Crippen molar-refractivity contribution in [2.45, 2.75) is 20.3 Å². The quantitative estimate of drug-likeness (QED) is 0.718. The minimum Gasteiger partial charge on any atom is -0.338 e. The lowest BCUT2D eigenvalue weighted by Crippen LogP contribution is -2.31. The molecule has 1 rings (SSSR count). The number of sulfonamides is 1. The van der Waals surface area contributed by atoms with Crippen LogP contribution in [0.2, 0.25) is 0 Å². The maximum atomic E-state index is 11.3. The third kappa shape index (κ3) is 4.70. The monoisotopic (exact) mass is 262 g/mol. The normalized spacial score (nSPS) is 12.0. The van der Waals surface area contributed by atoms with Gasteiger partial charge in [-0.2, -0.15) is 4.98 Å². The van der Waals surface area contributed by atoms with E-state index in [1.807, 2.05) is 6.92 Å². The summed E-state index contributed by atoms with van der Waals surface area (Å²) in [5.41, 5.74) is 0. The number of nitrogens with one attached hydrogen (secondary N) is 1. The summed E-state index contributed by atoms with van der Waals surface area (Å²) in [5.74, 6) is 0.568. The minimum atomic E-state index is -3.10. The maximum absolute atomic E-state index is 11.3. The molecule has 1 aromatic heterocycles. The zero-order valence-corrected chi connectivity index (χ0v) is 11.1. The van der Waals surface area contributed by atoms with Crippen LogP contribution < -0.4 is 5.32 Å². The Labute approximate surface area is 101 Å². The van der Waals surface area contributed by atoms with Crippen molar-refractivity contribution in [1.29, 1.82) is 0 Å². The molecule has 0 atom stereocenters. The highest BCUT2D eigenvalue weighted by molar-refractivity contribution is 7.88. The van der Waals surface area contributed by atoms with Crippen molar-refractivity contribution in [3.8, 4) is 0 Å². The second-order valence-electron chi connectivity index (χ2n) is 3.68. The first-order valence-electron chi connectivity index (χ1n) is 5.42. The SMILES string of the molecule is CCN(CCCNc1nc(C)no1)S(C)(=O)=O. The highest BCUT2D eigenvalue weighted by Gasteiger charge is 2.13. The zero-order valence-electron chi connectivity index (χ0n) is 10.3. The van der Waals surface area contributed by atoms with Crippen LogP contribution in [0.3, 0.4) is 0 Å². The van der Waals surface area contributed by atoms with Gasteiger partial charge in [0.05, 0.1) is 6.26 Å². The minimum absolute atomic E-state index is 0.366. The third-order valence-electron chi connectivity index (χ3n) is 2.21. The number of rotatable bonds is 7. The van der Waals surface area contributed by atoms with Crippen LogP contribution in [0.15, 0.2) is 4.52 Å². The highest BCUT2D eigenvalue weighted by Crippen LogP contribution is 2.03. The standard InChI is InChI=1S/C9H18N4O3S/c1-4-13(17(3,14)15)7-5-6-10-9-11-8(2)12-16-9/h4-7H2,1-3H3,(H,10,11,12). The van der Waals surface area contributed by atoms with Gasteiger partial charge in [-0.15, -0.1) is 0 Å². The molecule has 98 valence electrons. The Balaban J connectivity index is 2.28. The van der Waals surface area contributed by atoms with E-state index in [1.54, 1.807) is 6.92 Å². The van der Waals surface area contributed by atoms with Crippen LogP contribution in [0.1, 0.15) is 19.2 Å². The van der Waals surface area contributed by atoms with Crippen molar-refractivity contribution in [3.63, 3.8) is 0 Å². The van der Waals surface area contributed by atoms with Gasteiger partial charge in [0, 0.05) is 19.6 Å². The fraction of sp³-hybridized carbons (Fsp3) is 0.778. The molecule has 0 aliphatic rings. The van der Waals surface area contributed by atoms with Gasteiger partial charge in [0.1, 0.15) is 0 Å². The van der Waals surface area contributed by atoms with E-state index in [0.717, 1.165) is 0 Å². The summed E-state index contributed by atoms with van der Waals surface area (Å²) in [7, 11) is -3.10. The second kappa shape index (κ2) is 5.97. The van der Waals surface area contributed by atoms with Gasteiger partial charge in [-0.05, 0) is 13.3 Å². The summed E-state index contributed by atoms with van der Waals surface area (Å²) in [4.78, 5) is 3.98. The molecule has 0 saturated carbocycles. The van der Waals surface area contributed by atoms with Gasteiger partial charge in [0.2, 0.25) is 10.0 Å². The van der Waals surface area contributed by atoms with Gasteiger partial charge in [-0.25, -0.2) is 12.7 Å². The molecule has 0 unspecified atom stereocenters. The number of hydrogen-bond acceptors (Lipinski definition) is 6.